The molecule has 11 nitrogen and oxygen atoms in total. The van der Waals surface area contributed by atoms with Crippen LogP contribution in [0.4, 0.5) is 0 Å². The molecule has 2 unspecified atom stereocenters. The first-order chi connectivity index (χ1) is 20.2. The van der Waals surface area contributed by atoms with Crippen molar-refractivity contribution in [2.24, 2.45) is 11.1 Å². The number of amides is 2. The van der Waals surface area contributed by atoms with Crippen LogP contribution in [0.1, 0.15) is 31.9 Å². The van der Waals surface area contributed by atoms with E-state index in [4.69, 9.17) is 9.57 Å². The molecular formula is C31H39N5O6. The number of methoxy groups -OCH3 is 1. The molecule has 42 heavy (non-hydrogen) atoms. The van der Waals surface area contributed by atoms with Crippen molar-refractivity contribution in [3.63, 3.8) is 0 Å². The minimum atomic E-state index is -1.34. The Morgan fingerprint density at radius 1 is 0.929 bits per heavy atom. The van der Waals surface area contributed by atoms with Crippen molar-refractivity contribution in [1.82, 2.24) is 20.6 Å². The summed E-state index contributed by atoms with van der Waals surface area (Å²) >= 11 is 0. The van der Waals surface area contributed by atoms with E-state index in [1.54, 1.807) is 0 Å². The average Bonchev–Trinajstić information content (AvgIpc) is 3.58. The molecule has 6 N–H and O–H groups in total. The highest BCUT2D eigenvalue weighted by atomic mass is 16.6. The number of fused-ring (bicyclic) bond motifs is 2. The molecule has 0 aliphatic rings. The number of carbonyl (C=O) groups is 2. The predicted octanol–water partition coefficient (Wildman–Crippen LogP) is 2.78. The van der Waals surface area contributed by atoms with Crippen LogP contribution in [-0.4, -0.2) is 75.8 Å². The normalized spacial score (nSPS) is 15.0. The molecule has 0 aliphatic heterocycles. The zero-order valence-electron chi connectivity index (χ0n) is 24.3. The van der Waals surface area contributed by atoms with Crippen molar-refractivity contribution in [1.29, 1.82) is 0 Å². The number of aromatic amines is 2. The quantitative estimate of drug-likeness (QED) is 0.0998. The van der Waals surface area contributed by atoms with Crippen molar-refractivity contribution in [2.45, 2.75) is 58.1 Å². The van der Waals surface area contributed by atoms with E-state index in [1.165, 1.54) is 14.0 Å². The molecule has 2 amide bonds. The van der Waals surface area contributed by atoms with Gasteiger partial charge in [-0.15, -0.1) is 0 Å². The number of oxime groups is 1. The van der Waals surface area contributed by atoms with Crippen LogP contribution in [0.5, 0.6) is 0 Å². The summed E-state index contributed by atoms with van der Waals surface area (Å²) in [5.74, 6) is -1.01. The molecule has 11 heteroatoms. The van der Waals surface area contributed by atoms with E-state index in [-0.39, 0.29) is 30.5 Å². The number of para-hydroxylation sites is 2. The summed E-state index contributed by atoms with van der Waals surface area (Å²) in [6.07, 6.45) is 0.821. The fraction of sp³-hybridized carbons (Fsp3) is 0.387. The molecule has 224 valence electrons. The van der Waals surface area contributed by atoms with Crippen LogP contribution in [0.25, 0.3) is 21.8 Å². The Kier molecular flexibility index (Phi) is 10.3. The second-order valence-electron chi connectivity index (χ2n) is 10.6. The topological polar surface area (TPSA) is 161 Å². The lowest BCUT2D eigenvalue weighted by Gasteiger charge is -2.25. The first-order valence-electron chi connectivity index (χ1n) is 13.9. The van der Waals surface area contributed by atoms with Gasteiger partial charge in [0.15, 0.2) is 6.61 Å². The van der Waals surface area contributed by atoms with Gasteiger partial charge in [-0.2, -0.15) is 0 Å². The summed E-state index contributed by atoms with van der Waals surface area (Å²) < 4.78 is 5.44. The fourth-order valence-electron chi connectivity index (χ4n) is 4.97. The first-order valence-corrected chi connectivity index (χ1v) is 13.9. The van der Waals surface area contributed by atoms with Gasteiger partial charge in [-0.1, -0.05) is 55.4 Å². The van der Waals surface area contributed by atoms with Gasteiger partial charge in [0.2, 0.25) is 5.91 Å². The van der Waals surface area contributed by atoms with Crippen molar-refractivity contribution >= 4 is 39.3 Å². The summed E-state index contributed by atoms with van der Waals surface area (Å²) in [6.45, 7) is 4.93. The van der Waals surface area contributed by atoms with Crippen LogP contribution in [0.3, 0.4) is 0 Å². The average molecular weight is 578 g/mol. The Balaban J connectivity index is 1.48. The maximum atomic E-state index is 13.4. The molecule has 4 atom stereocenters. The lowest BCUT2D eigenvalue weighted by molar-refractivity contribution is -0.131. The molecule has 0 fully saturated rings. The number of H-pyrrole nitrogens is 2. The number of aliphatic hydroxyl groups is 2. The highest BCUT2D eigenvalue weighted by molar-refractivity contribution is 5.93. The molecule has 0 aliphatic carbocycles. The number of ether oxygens (including phenoxy) is 1. The maximum Gasteiger partial charge on any atom is 0.261 e. The van der Waals surface area contributed by atoms with Gasteiger partial charge in [0, 0.05) is 54.3 Å². The number of carbonyl (C=O) groups excluding carboxylic acids is 2. The minimum Gasteiger partial charge on any atom is -0.390 e. The van der Waals surface area contributed by atoms with Crippen LogP contribution in [0.2, 0.25) is 0 Å². The van der Waals surface area contributed by atoms with E-state index in [2.05, 4.69) is 25.8 Å². The Morgan fingerprint density at radius 3 is 2.12 bits per heavy atom. The summed E-state index contributed by atoms with van der Waals surface area (Å²) in [7, 11) is 1.46. The van der Waals surface area contributed by atoms with Gasteiger partial charge in [0.25, 0.3) is 5.91 Å². The van der Waals surface area contributed by atoms with E-state index in [0.717, 1.165) is 32.9 Å². The second-order valence-corrected chi connectivity index (χ2v) is 10.6. The third kappa shape index (κ3) is 7.35. The van der Waals surface area contributed by atoms with Gasteiger partial charge in [0.1, 0.15) is 24.0 Å². The van der Waals surface area contributed by atoms with Crippen molar-refractivity contribution in [3.05, 3.63) is 72.1 Å². The lowest BCUT2D eigenvalue weighted by Crippen LogP contribution is -2.48. The fourth-order valence-corrected chi connectivity index (χ4v) is 4.97. The summed E-state index contributed by atoms with van der Waals surface area (Å²) in [5, 5.41) is 32.0. The number of aliphatic hydroxyl groups excluding tert-OH is 2. The third-order valence-corrected chi connectivity index (χ3v) is 7.16. The summed E-state index contributed by atoms with van der Waals surface area (Å²) in [6, 6.07) is 14.6. The molecule has 0 spiro atoms. The zero-order chi connectivity index (χ0) is 30.2. The first kappa shape index (κ1) is 30.8. The SMILES string of the molecule is CO[C@H](/C(=N/OCC(=O)N[C@@H](Cc1c[nH]c2ccccc12)C(=O)NCc1c[nH]c2ccccc12)C(O)C(C)O)C(C)C. The van der Waals surface area contributed by atoms with Crippen LogP contribution < -0.4 is 10.6 Å². The van der Waals surface area contributed by atoms with E-state index in [1.807, 2.05) is 74.8 Å². The molecule has 2 heterocycles. The molecule has 2 aromatic heterocycles. The molecule has 0 saturated carbocycles. The third-order valence-electron chi connectivity index (χ3n) is 7.16. The van der Waals surface area contributed by atoms with Crippen molar-refractivity contribution < 1.29 is 29.4 Å². The van der Waals surface area contributed by atoms with Crippen LogP contribution >= 0.6 is 0 Å². The highest BCUT2D eigenvalue weighted by Gasteiger charge is 2.30. The van der Waals surface area contributed by atoms with E-state index in [9.17, 15) is 19.8 Å². The van der Waals surface area contributed by atoms with Crippen molar-refractivity contribution in [3.8, 4) is 0 Å². The van der Waals surface area contributed by atoms with Gasteiger partial charge in [-0.3, -0.25) is 9.59 Å². The molecule has 4 rings (SSSR count). The molecule has 0 bridgehead atoms. The second kappa shape index (κ2) is 14.1. The Morgan fingerprint density at radius 2 is 1.52 bits per heavy atom. The van der Waals surface area contributed by atoms with Gasteiger partial charge in [-0.05, 0) is 36.1 Å². The van der Waals surface area contributed by atoms with Crippen LogP contribution in [0, 0.1) is 5.92 Å². The number of nitrogens with zero attached hydrogens (tertiary/aromatic N) is 1. The molecule has 0 saturated heterocycles. The monoisotopic (exact) mass is 577 g/mol. The highest BCUT2D eigenvalue weighted by Crippen LogP contribution is 2.20. The number of hydrogen-bond acceptors (Lipinski definition) is 7. The van der Waals surface area contributed by atoms with Crippen LogP contribution in [-0.2, 0) is 32.1 Å². The predicted molar refractivity (Wildman–Crippen MR) is 161 cm³/mol. The molecular weight excluding hydrogens is 538 g/mol. The lowest BCUT2D eigenvalue weighted by atomic mass is 9.96. The Labute approximate surface area is 244 Å². The Hall–Kier alpha value is -4.19. The van der Waals surface area contributed by atoms with E-state index >= 15 is 0 Å². The van der Waals surface area contributed by atoms with Crippen LogP contribution in [0.15, 0.2) is 66.1 Å². The Bertz CT molecular complexity index is 1520. The minimum absolute atomic E-state index is 0.0714. The molecule has 0 radical (unpaired) electrons. The summed E-state index contributed by atoms with van der Waals surface area (Å²) in [4.78, 5) is 38.1. The van der Waals surface area contributed by atoms with Gasteiger partial charge < -0.3 is 40.4 Å². The molecule has 2 aromatic carbocycles. The standard InChI is InChI=1S/C31H39N5O6/c1-18(2)30(41-4)28(29(39)19(3)37)36-42-17-27(38)35-26(13-20-14-32-24-11-7-5-9-22(20)24)31(40)34-16-21-15-33-25-12-8-6-10-23(21)25/h5-12,14-15,18-19,26,29-30,32-33,37,39H,13,16-17H2,1-4H3,(H,34,40)(H,35,38)/b36-28+/t19?,26-,29?,30-/m0/s1. The van der Waals surface area contributed by atoms with E-state index in [0.29, 0.717) is 0 Å². The zero-order valence-corrected chi connectivity index (χ0v) is 24.3. The number of aromatic nitrogens is 2. The maximum absolute atomic E-state index is 13.4. The molecule has 4 aromatic rings. The van der Waals surface area contributed by atoms with Gasteiger partial charge >= 0.3 is 0 Å². The number of benzene rings is 2. The van der Waals surface area contributed by atoms with Crippen molar-refractivity contribution in [2.75, 3.05) is 13.7 Å². The number of hydrogen-bond donors (Lipinski definition) is 6. The summed E-state index contributed by atoms with van der Waals surface area (Å²) in [5.41, 5.74) is 3.77. The van der Waals surface area contributed by atoms with E-state index < -0.39 is 36.9 Å². The van der Waals surface area contributed by atoms with Gasteiger partial charge in [0.05, 0.1) is 6.10 Å². The smallest absolute Gasteiger partial charge is 0.261 e. The largest absolute Gasteiger partial charge is 0.390 e. The van der Waals surface area contributed by atoms with Gasteiger partial charge in [-0.25, -0.2) is 0 Å². The number of nitrogens with one attached hydrogen (secondary N) is 4. The number of rotatable bonds is 14.